The summed E-state index contributed by atoms with van der Waals surface area (Å²) < 4.78 is 0. The van der Waals surface area contributed by atoms with Crippen molar-refractivity contribution in [1.29, 1.82) is 0 Å². The molecule has 0 fully saturated rings. The first-order valence-corrected chi connectivity index (χ1v) is 12.8. The molecule has 0 aliphatic rings. The summed E-state index contributed by atoms with van der Waals surface area (Å²) in [6.45, 7) is 0. The zero-order valence-corrected chi connectivity index (χ0v) is 20.9. The van der Waals surface area contributed by atoms with Crippen LogP contribution >= 0.6 is 0 Å². The molecule has 38 heavy (non-hydrogen) atoms. The Balaban J connectivity index is 1.81. The van der Waals surface area contributed by atoms with E-state index < -0.39 is 0 Å². The molecule has 0 saturated carbocycles. The number of ketones is 1. The highest BCUT2D eigenvalue weighted by molar-refractivity contribution is 6.18. The van der Waals surface area contributed by atoms with Gasteiger partial charge in [0.05, 0.1) is 0 Å². The lowest BCUT2D eigenvalue weighted by atomic mass is 9.79. The fourth-order valence-corrected chi connectivity index (χ4v) is 5.16. The Morgan fingerprint density at radius 2 is 0.737 bits per heavy atom. The first-order valence-electron chi connectivity index (χ1n) is 12.8. The minimum absolute atomic E-state index is 0.0124. The molecule has 0 unspecified atom stereocenters. The second-order valence-electron chi connectivity index (χ2n) is 9.26. The second kappa shape index (κ2) is 10.5. The summed E-state index contributed by atoms with van der Waals surface area (Å²) in [5.41, 5.74) is 9.81. The van der Waals surface area contributed by atoms with E-state index in [1.165, 1.54) is 0 Å². The topological polar surface area (TPSA) is 17.1 Å². The van der Waals surface area contributed by atoms with Crippen LogP contribution in [0.1, 0.15) is 15.9 Å². The fraction of sp³-hybridized carbons (Fsp3) is 0. The third-order valence-electron chi connectivity index (χ3n) is 6.88. The molecule has 6 rings (SSSR count). The van der Waals surface area contributed by atoms with Crippen molar-refractivity contribution in [2.45, 2.75) is 0 Å². The Hall–Kier alpha value is -5.01. The van der Waals surface area contributed by atoms with Crippen molar-refractivity contribution >= 4 is 5.78 Å². The Kier molecular flexibility index (Phi) is 6.49. The lowest BCUT2D eigenvalue weighted by Crippen LogP contribution is -2.07. The average Bonchev–Trinajstić information content (AvgIpc) is 3.02. The Morgan fingerprint density at radius 1 is 0.368 bits per heavy atom. The van der Waals surface area contributed by atoms with Gasteiger partial charge in [0, 0.05) is 16.7 Å². The number of rotatable bonds is 6. The van der Waals surface area contributed by atoms with Crippen LogP contribution < -0.4 is 0 Å². The van der Waals surface area contributed by atoms with Gasteiger partial charge in [0.1, 0.15) is 0 Å². The molecule has 0 aliphatic carbocycles. The van der Waals surface area contributed by atoms with Gasteiger partial charge in [0.25, 0.3) is 0 Å². The molecule has 0 radical (unpaired) electrons. The van der Waals surface area contributed by atoms with Crippen molar-refractivity contribution in [3.63, 3.8) is 0 Å². The van der Waals surface area contributed by atoms with Crippen LogP contribution in [0.15, 0.2) is 158 Å². The highest BCUT2D eigenvalue weighted by Gasteiger charge is 2.26. The second-order valence-corrected chi connectivity index (χ2v) is 9.26. The highest BCUT2D eigenvalue weighted by atomic mass is 16.1. The van der Waals surface area contributed by atoms with Gasteiger partial charge < -0.3 is 0 Å². The third-order valence-corrected chi connectivity index (χ3v) is 6.88. The SMILES string of the molecule is O=C(c1ccccc1)c1cc(-c2ccccc2)c(-c2ccccc2)c(-c2ccccc2)c1-c1ccccc1. The maximum absolute atomic E-state index is 14.3. The molecule has 0 amide bonds. The van der Waals surface area contributed by atoms with Crippen molar-refractivity contribution in [1.82, 2.24) is 0 Å². The molecule has 0 spiro atoms. The van der Waals surface area contributed by atoms with Gasteiger partial charge in [-0.3, -0.25) is 4.79 Å². The van der Waals surface area contributed by atoms with E-state index in [4.69, 9.17) is 0 Å². The number of benzene rings is 6. The molecule has 0 atom stereocenters. The molecule has 0 saturated heterocycles. The number of carbonyl (C=O) groups is 1. The predicted octanol–water partition coefficient (Wildman–Crippen LogP) is 9.59. The predicted molar refractivity (Wildman–Crippen MR) is 158 cm³/mol. The molecule has 1 nitrogen and oxygen atoms in total. The quantitative estimate of drug-likeness (QED) is 0.214. The summed E-state index contributed by atoms with van der Waals surface area (Å²) in [5.74, 6) is 0.0124. The summed E-state index contributed by atoms with van der Waals surface area (Å²) in [6.07, 6.45) is 0. The van der Waals surface area contributed by atoms with Crippen molar-refractivity contribution in [3.05, 3.63) is 169 Å². The van der Waals surface area contributed by atoms with Gasteiger partial charge in [-0.15, -0.1) is 0 Å². The van der Waals surface area contributed by atoms with E-state index >= 15 is 0 Å². The first kappa shape index (κ1) is 23.4. The smallest absolute Gasteiger partial charge is 0.193 e. The maximum atomic E-state index is 14.3. The molecular weight excluding hydrogens is 460 g/mol. The molecule has 1 heteroatoms. The molecule has 0 aliphatic heterocycles. The molecule has 0 bridgehead atoms. The standard InChI is InChI=1S/C37H26O/c38-37(31-24-14-5-15-25-31)33-26-32(27-16-6-1-7-17-27)34(28-18-8-2-9-19-28)36(30-22-12-4-13-23-30)35(33)29-20-10-3-11-21-29/h1-26H. The zero-order chi connectivity index (χ0) is 25.7. The van der Waals surface area contributed by atoms with Crippen LogP contribution in [0, 0.1) is 0 Å². The Morgan fingerprint density at radius 3 is 1.21 bits per heavy atom. The summed E-state index contributed by atoms with van der Waals surface area (Å²) >= 11 is 0. The molecule has 0 aromatic heterocycles. The number of hydrogen-bond acceptors (Lipinski definition) is 1. The lowest BCUT2D eigenvalue weighted by molar-refractivity contribution is 0.103. The summed E-state index contributed by atoms with van der Waals surface area (Å²) in [6, 6.07) is 53.3. The maximum Gasteiger partial charge on any atom is 0.193 e. The van der Waals surface area contributed by atoms with Crippen LogP contribution in [0.5, 0.6) is 0 Å². The van der Waals surface area contributed by atoms with E-state index in [0.29, 0.717) is 11.1 Å². The van der Waals surface area contributed by atoms with Crippen LogP contribution in [0.2, 0.25) is 0 Å². The van der Waals surface area contributed by atoms with Gasteiger partial charge in [-0.05, 0) is 45.0 Å². The first-order chi connectivity index (χ1) is 18.8. The van der Waals surface area contributed by atoms with Crippen LogP contribution in [0.25, 0.3) is 44.5 Å². The van der Waals surface area contributed by atoms with Crippen LogP contribution in [0.3, 0.4) is 0 Å². The molecule has 6 aromatic carbocycles. The van der Waals surface area contributed by atoms with E-state index in [1.54, 1.807) is 0 Å². The van der Waals surface area contributed by atoms with Gasteiger partial charge in [-0.1, -0.05) is 152 Å². The number of hydrogen-bond donors (Lipinski definition) is 0. The van der Waals surface area contributed by atoms with Crippen LogP contribution in [-0.2, 0) is 0 Å². The largest absolute Gasteiger partial charge is 0.289 e. The Bertz CT molecular complexity index is 1670. The summed E-state index contributed by atoms with van der Waals surface area (Å²) in [5, 5.41) is 0. The van der Waals surface area contributed by atoms with Gasteiger partial charge >= 0.3 is 0 Å². The molecule has 180 valence electrons. The molecule has 6 aromatic rings. The van der Waals surface area contributed by atoms with Crippen molar-refractivity contribution < 1.29 is 4.79 Å². The van der Waals surface area contributed by atoms with Gasteiger partial charge in [0.2, 0.25) is 0 Å². The molecular formula is C37H26O. The van der Waals surface area contributed by atoms with Crippen LogP contribution in [-0.4, -0.2) is 5.78 Å². The molecule has 0 heterocycles. The average molecular weight is 487 g/mol. The zero-order valence-electron chi connectivity index (χ0n) is 20.9. The van der Waals surface area contributed by atoms with Crippen LogP contribution in [0.4, 0.5) is 0 Å². The normalized spacial score (nSPS) is 10.7. The monoisotopic (exact) mass is 486 g/mol. The number of carbonyl (C=O) groups excluding carboxylic acids is 1. The lowest BCUT2D eigenvalue weighted by Gasteiger charge is -2.23. The van der Waals surface area contributed by atoms with Gasteiger partial charge in [-0.25, -0.2) is 0 Å². The highest BCUT2D eigenvalue weighted by Crippen LogP contribution is 2.47. The van der Waals surface area contributed by atoms with Crippen molar-refractivity contribution in [3.8, 4) is 44.5 Å². The van der Waals surface area contributed by atoms with Crippen molar-refractivity contribution in [2.24, 2.45) is 0 Å². The van der Waals surface area contributed by atoms with E-state index in [2.05, 4.69) is 91.0 Å². The Labute approximate surface area is 223 Å². The minimum Gasteiger partial charge on any atom is -0.289 e. The van der Waals surface area contributed by atoms with Gasteiger partial charge in [-0.2, -0.15) is 0 Å². The van der Waals surface area contributed by atoms with E-state index in [0.717, 1.165) is 44.5 Å². The molecule has 0 N–H and O–H groups in total. The van der Waals surface area contributed by atoms with Crippen molar-refractivity contribution in [2.75, 3.05) is 0 Å². The third kappa shape index (κ3) is 4.47. The van der Waals surface area contributed by atoms with E-state index in [-0.39, 0.29) is 5.78 Å². The van der Waals surface area contributed by atoms with E-state index in [9.17, 15) is 4.79 Å². The minimum atomic E-state index is 0.0124. The summed E-state index contributed by atoms with van der Waals surface area (Å²) in [4.78, 5) is 14.3. The fourth-order valence-electron chi connectivity index (χ4n) is 5.16. The van der Waals surface area contributed by atoms with Gasteiger partial charge in [0.15, 0.2) is 5.78 Å². The van der Waals surface area contributed by atoms with E-state index in [1.807, 2.05) is 66.7 Å². The summed E-state index contributed by atoms with van der Waals surface area (Å²) in [7, 11) is 0.